The molecule has 0 aromatic rings. The largest absolute Gasteiger partial charge is 0.515 e. The van der Waals surface area contributed by atoms with Gasteiger partial charge in [-0.1, -0.05) is 46.3 Å². The minimum absolute atomic E-state index is 0.0476. The number of carbonyl (C=O) groups is 1. The fourth-order valence-electron chi connectivity index (χ4n) is 5.02. The monoisotopic (exact) mass is 322 g/mol. The Hall–Kier alpha value is -1.13. The lowest BCUT2D eigenvalue weighted by Gasteiger charge is -2.55. The third-order valence-electron chi connectivity index (χ3n) is 6.37. The highest BCUT2D eigenvalue weighted by Crippen LogP contribution is 2.55. The third-order valence-corrected chi connectivity index (χ3v) is 6.37. The van der Waals surface area contributed by atoms with E-state index < -0.39 is 17.6 Å². The SMILES string of the molecule is CC[C@@H](C)[C@H]1C=C[C@H]2[C@H](O)[C@H](O)C[C@@H](C)[C@@H]2[C@@]1(C)C(=O)/C=C\O. The molecule has 8 atom stereocenters. The predicted molar refractivity (Wildman–Crippen MR) is 89.7 cm³/mol. The van der Waals surface area contributed by atoms with Gasteiger partial charge in [0.1, 0.15) is 0 Å². The Morgan fingerprint density at radius 2 is 2.04 bits per heavy atom. The number of ketones is 1. The van der Waals surface area contributed by atoms with Crippen LogP contribution in [0, 0.1) is 35.0 Å². The zero-order valence-corrected chi connectivity index (χ0v) is 14.5. The van der Waals surface area contributed by atoms with Gasteiger partial charge in [-0.05, 0) is 30.1 Å². The van der Waals surface area contributed by atoms with Gasteiger partial charge >= 0.3 is 0 Å². The van der Waals surface area contributed by atoms with Gasteiger partial charge < -0.3 is 15.3 Å². The predicted octanol–water partition coefficient (Wildman–Crippen LogP) is 2.86. The van der Waals surface area contributed by atoms with Crippen LogP contribution in [0.2, 0.25) is 0 Å². The van der Waals surface area contributed by atoms with Gasteiger partial charge in [0, 0.05) is 17.4 Å². The minimum Gasteiger partial charge on any atom is -0.515 e. The summed E-state index contributed by atoms with van der Waals surface area (Å²) in [5.74, 6) is 0.131. The zero-order valence-electron chi connectivity index (χ0n) is 14.5. The number of hydrogen-bond donors (Lipinski definition) is 3. The smallest absolute Gasteiger partial charge is 0.165 e. The molecule has 0 spiro atoms. The number of allylic oxidation sites excluding steroid dienone is 2. The fraction of sp³-hybridized carbons (Fsp3) is 0.737. The molecule has 0 saturated heterocycles. The summed E-state index contributed by atoms with van der Waals surface area (Å²) in [6.07, 6.45) is 5.98. The van der Waals surface area contributed by atoms with Crippen LogP contribution in [0.25, 0.3) is 0 Å². The van der Waals surface area contributed by atoms with Gasteiger partial charge in [-0.25, -0.2) is 0 Å². The van der Waals surface area contributed by atoms with Crippen LogP contribution in [0.5, 0.6) is 0 Å². The van der Waals surface area contributed by atoms with Crippen LogP contribution in [0.3, 0.4) is 0 Å². The van der Waals surface area contributed by atoms with E-state index in [-0.39, 0.29) is 29.5 Å². The van der Waals surface area contributed by atoms with Gasteiger partial charge in [-0.2, -0.15) is 0 Å². The second-order valence-corrected chi connectivity index (χ2v) is 7.63. The van der Waals surface area contributed by atoms with Crippen LogP contribution < -0.4 is 0 Å². The average Bonchev–Trinajstić information content (AvgIpc) is 2.51. The van der Waals surface area contributed by atoms with E-state index in [0.717, 1.165) is 12.7 Å². The van der Waals surface area contributed by atoms with Gasteiger partial charge in [0.05, 0.1) is 18.5 Å². The Bertz CT molecular complexity index is 498. The lowest BCUT2D eigenvalue weighted by Crippen LogP contribution is -2.57. The van der Waals surface area contributed by atoms with Crippen molar-refractivity contribution in [1.29, 1.82) is 0 Å². The lowest BCUT2D eigenvalue weighted by molar-refractivity contribution is -0.149. The van der Waals surface area contributed by atoms with Crippen molar-refractivity contribution in [2.45, 2.75) is 52.7 Å². The summed E-state index contributed by atoms with van der Waals surface area (Å²) >= 11 is 0. The van der Waals surface area contributed by atoms with E-state index in [1.807, 2.05) is 26.0 Å². The molecule has 23 heavy (non-hydrogen) atoms. The molecule has 2 aliphatic carbocycles. The number of fused-ring (bicyclic) bond motifs is 1. The van der Waals surface area contributed by atoms with E-state index in [9.17, 15) is 15.0 Å². The average molecular weight is 322 g/mol. The quantitative estimate of drug-likeness (QED) is 0.422. The Morgan fingerprint density at radius 1 is 1.39 bits per heavy atom. The van der Waals surface area contributed by atoms with Gasteiger partial charge in [0.25, 0.3) is 0 Å². The maximum atomic E-state index is 12.9. The molecule has 4 nitrogen and oxygen atoms in total. The standard InChI is InChI=1S/C19H30O4/c1-5-11(2)14-7-6-13-17(12(3)10-15(21)18(13)23)19(14,4)16(22)8-9-20/h6-9,11-15,17-18,20-21,23H,5,10H2,1-4H3/b9-8-/t11-,12-,13-,14-,15-,17+,18+,19-/m1/s1. The van der Waals surface area contributed by atoms with E-state index in [4.69, 9.17) is 5.11 Å². The van der Waals surface area contributed by atoms with Crippen LogP contribution in [0.1, 0.15) is 40.5 Å². The fourth-order valence-corrected chi connectivity index (χ4v) is 5.02. The molecular weight excluding hydrogens is 292 g/mol. The number of rotatable bonds is 4. The van der Waals surface area contributed by atoms with E-state index in [0.29, 0.717) is 12.3 Å². The first-order valence-electron chi connectivity index (χ1n) is 8.68. The van der Waals surface area contributed by atoms with Crippen LogP contribution >= 0.6 is 0 Å². The zero-order chi connectivity index (χ0) is 17.4. The van der Waals surface area contributed by atoms with Gasteiger partial charge in [0.15, 0.2) is 5.78 Å². The maximum absolute atomic E-state index is 12.9. The van der Waals surface area contributed by atoms with Crippen LogP contribution in [0.4, 0.5) is 0 Å². The molecule has 0 amide bonds. The Morgan fingerprint density at radius 3 is 2.61 bits per heavy atom. The number of hydrogen-bond acceptors (Lipinski definition) is 4. The minimum atomic E-state index is -0.837. The highest BCUT2D eigenvalue weighted by atomic mass is 16.3. The van der Waals surface area contributed by atoms with Crippen LogP contribution in [-0.4, -0.2) is 33.3 Å². The molecule has 4 heteroatoms. The summed E-state index contributed by atoms with van der Waals surface area (Å²) in [6.45, 7) is 8.27. The van der Waals surface area contributed by atoms with Gasteiger partial charge in [-0.15, -0.1) is 0 Å². The van der Waals surface area contributed by atoms with Crippen molar-refractivity contribution in [2.75, 3.05) is 0 Å². The normalized spacial score (nSPS) is 45.0. The summed E-state index contributed by atoms with van der Waals surface area (Å²) in [6, 6.07) is 0. The highest BCUT2D eigenvalue weighted by molar-refractivity contribution is 5.95. The molecule has 0 radical (unpaired) electrons. The molecule has 1 saturated carbocycles. The number of carbonyl (C=O) groups excluding carboxylic acids is 1. The molecular formula is C19H30O4. The Labute approximate surface area is 138 Å². The Kier molecular flexibility index (Phi) is 5.37. The molecule has 130 valence electrons. The maximum Gasteiger partial charge on any atom is 0.165 e. The van der Waals surface area contributed by atoms with Crippen molar-refractivity contribution < 1.29 is 20.1 Å². The summed E-state index contributed by atoms with van der Waals surface area (Å²) in [5.41, 5.74) is -0.686. The lowest BCUT2D eigenvalue weighted by atomic mass is 9.49. The molecule has 0 unspecified atom stereocenters. The number of aliphatic hydroxyl groups excluding tert-OH is 3. The molecule has 0 bridgehead atoms. The van der Waals surface area contributed by atoms with Crippen molar-refractivity contribution in [3.8, 4) is 0 Å². The van der Waals surface area contributed by atoms with Crippen molar-refractivity contribution in [1.82, 2.24) is 0 Å². The second kappa shape index (κ2) is 6.78. The first-order valence-corrected chi connectivity index (χ1v) is 8.68. The molecule has 0 aliphatic heterocycles. The molecule has 0 aromatic heterocycles. The van der Waals surface area contributed by atoms with Crippen molar-refractivity contribution >= 4 is 5.78 Å². The molecule has 0 aromatic carbocycles. The second-order valence-electron chi connectivity index (χ2n) is 7.63. The topological polar surface area (TPSA) is 77.8 Å². The van der Waals surface area contributed by atoms with Crippen LogP contribution in [-0.2, 0) is 4.79 Å². The van der Waals surface area contributed by atoms with Crippen molar-refractivity contribution in [2.24, 2.45) is 35.0 Å². The van der Waals surface area contributed by atoms with Crippen LogP contribution in [0.15, 0.2) is 24.5 Å². The molecule has 2 aliphatic rings. The molecule has 3 N–H and O–H groups in total. The summed E-state index contributed by atoms with van der Waals surface area (Å²) in [5, 5.41) is 29.6. The first kappa shape index (κ1) is 18.2. The van der Waals surface area contributed by atoms with E-state index in [2.05, 4.69) is 13.8 Å². The summed E-state index contributed by atoms with van der Waals surface area (Å²) in [4.78, 5) is 12.9. The van der Waals surface area contributed by atoms with E-state index in [1.54, 1.807) is 0 Å². The van der Waals surface area contributed by atoms with Crippen molar-refractivity contribution in [3.63, 3.8) is 0 Å². The van der Waals surface area contributed by atoms with Gasteiger partial charge in [0.2, 0.25) is 0 Å². The first-order chi connectivity index (χ1) is 10.8. The third kappa shape index (κ3) is 2.87. The van der Waals surface area contributed by atoms with E-state index in [1.165, 1.54) is 6.08 Å². The summed E-state index contributed by atoms with van der Waals surface area (Å²) < 4.78 is 0. The summed E-state index contributed by atoms with van der Waals surface area (Å²) in [7, 11) is 0. The van der Waals surface area contributed by atoms with Crippen molar-refractivity contribution in [3.05, 3.63) is 24.5 Å². The highest BCUT2D eigenvalue weighted by Gasteiger charge is 2.57. The molecule has 1 fully saturated rings. The van der Waals surface area contributed by atoms with Gasteiger partial charge in [-0.3, -0.25) is 4.79 Å². The number of aliphatic hydroxyl groups is 3. The Balaban J connectivity index is 2.55. The van der Waals surface area contributed by atoms with E-state index >= 15 is 0 Å². The molecule has 0 heterocycles. The molecule has 2 rings (SSSR count).